The third kappa shape index (κ3) is 3.29. The van der Waals surface area contributed by atoms with Crippen LogP contribution in [0.15, 0.2) is 41.4 Å². The molecule has 0 fully saturated rings. The Kier molecular flexibility index (Phi) is 4.27. The molecular formula is C14H8Cl2NO3-. The minimum atomic E-state index is -1.11. The molecule has 0 aliphatic rings. The molecule has 0 radical (unpaired) electrons. The van der Waals surface area contributed by atoms with E-state index in [1.807, 2.05) is 0 Å². The maximum atomic E-state index is 11.6. The van der Waals surface area contributed by atoms with Gasteiger partial charge in [0.1, 0.15) is 0 Å². The maximum absolute atomic E-state index is 11.6. The molecule has 0 unspecified atom stereocenters. The number of benzene rings is 2. The van der Waals surface area contributed by atoms with E-state index in [0.717, 1.165) is 0 Å². The fourth-order valence-corrected chi connectivity index (χ4v) is 1.84. The first kappa shape index (κ1) is 14.4. The predicted molar refractivity (Wildman–Crippen MR) is 76.6 cm³/mol. The van der Waals surface area contributed by atoms with Crippen molar-refractivity contribution >= 4 is 41.1 Å². The van der Waals surface area contributed by atoms with Gasteiger partial charge in [0.05, 0.1) is 16.3 Å². The molecule has 20 heavy (non-hydrogen) atoms. The van der Waals surface area contributed by atoms with Crippen molar-refractivity contribution < 1.29 is 15.0 Å². The molecule has 6 heteroatoms. The average molecular weight is 309 g/mol. The molecular weight excluding hydrogens is 301 g/mol. The zero-order valence-electron chi connectivity index (χ0n) is 10.0. The molecule has 0 aromatic heterocycles. The van der Waals surface area contributed by atoms with Gasteiger partial charge in [-0.2, -0.15) is 0 Å². The van der Waals surface area contributed by atoms with Gasteiger partial charge in [0.15, 0.2) is 0 Å². The van der Waals surface area contributed by atoms with E-state index in [0.29, 0.717) is 15.7 Å². The molecule has 4 nitrogen and oxygen atoms in total. The smallest absolute Gasteiger partial charge is 0.335 e. The molecule has 0 atom stereocenters. The van der Waals surface area contributed by atoms with Crippen molar-refractivity contribution in [3.8, 4) is 5.75 Å². The van der Waals surface area contributed by atoms with Gasteiger partial charge in [-0.1, -0.05) is 29.3 Å². The lowest BCUT2D eigenvalue weighted by Gasteiger charge is -2.10. The molecule has 0 aliphatic carbocycles. The van der Waals surface area contributed by atoms with Crippen LogP contribution in [0.25, 0.3) is 0 Å². The molecule has 0 spiro atoms. The second kappa shape index (κ2) is 5.94. The Morgan fingerprint density at radius 3 is 2.65 bits per heavy atom. The summed E-state index contributed by atoms with van der Waals surface area (Å²) in [6.45, 7) is 0. The van der Waals surface area contributed by atoms with E-state index in [1.165, 1.54) is 24.4 Å². The van der Waals surface area contributed by atoms with Crippen molar-refractivity contribution in [2.75, 3.05) is 0 Å². The fraction of sp³-hybridized carbons (Fsp3) is 0. The van der Waals surface area contributed by atoms with Crippen LogP contribution in [-0.2, 0) is 0 Å². The first-order valence-corrected chi connectivity index (χ1v) is 6.26. The minimum absolute atomic E-state index is 0.0169. The van der Waals surface area contributed by atoms with Gasteiger partial charge in [0.25, 0.3) is 0 Å². The first-order chi connectivity index (χ1) is 9.47. The van der Waals surface area contributed by atoms with Crippen molar-refractivity contribution in [2.45, 2.75) is 0 Å². The van der Waals surface area contributed by atoms with Crippen molar-refractivity contribution in [3.05, 3.63) is 57.6 Å². The van der Waals surface area contributed by atoms with Crippen LogP contribution >= 0.6 is 23.2 Å². The van der Waals surface area contributed by atoms with Gasteiger partial charge in [-0.3, -0.25) is 4.99 Å². The van der Waals surface area contributed by atoms with Crippen LogP contribution < -0.4 is 5.11 Å². The van der Waals surface area contributed by atoms with Crippen molar-refractivity contribution in [1.82, 2.24) is 0 Å². The Labute approximate surface area is 124 Å². The zero-order chi connectivity index (χ0) is 14.7. The summed E-state index contributed by atoms with van der Waals surface area (Å²) in [4.78, 5) is 14.9. The Hall–Kier alpha value is -2.04. The summed E-state index contributed by atoms with van der Waals surface area (Å²) >= 11 is 11.8. The summed E-state index contributed by atoms with van der Waals surface area (Å²) in [6.07, 6.45) is 1.27. The number of hydrogen-bond acceptors (Lipinski definition) is 3. The van der Waals surface area contributed by atoms with Crippen LogP contribution in [0.2, 0.25) is 10.0 Å². The van der Waals surface area contributed by atoms with Gasteiger partial charge in [0.2, 0.25) is 0 Å². The van der Waals surface area contributed by atoms with Crippen molar-refractivity contribution in [2.24, 2.45) is 4.99 Å². The number of hydrogen-bond donors (Lipinski definition) is 1. The normalized spacial score (nSPS) is 10.9. The fourth-order valence-electron chi connectivity index (χ4n) is 1.51. The summed E-state index contributed by atoms with van der Waals surface area (Å²) in [5.41, 5.74) is 0.587. The molecule has 2 aromatic carbocycles. The third-order valence-corrected chi connectivity index (χ3v) is 3.06. The van der Waals surface area contributed by atoms with Gasteiger partial charge < -0.3 is 10.2 Å². The number of carboxylic acid groups (broad SMARTS) is 1. The van der Waals surface area contributed by atoms with E-state index < -0.39 is 5.97 Å². The molecule has 102 valence electrons. The van der Waals surface area contributed by atoms with Crippen molar-refractivity contribution in [3.63, 3.8) is 0 Å². The molecule has 0 saturated carbocycles. The van der Waals surface area contributed by atoms with Crippen LogP contribution in [0.3, 0.4) is 0 Å². The lowest BCUT2D eigenvalue weighted by Crippen LogP contribution is -2.01. The Morgan fingerprint density at radius 1 is 1.20 bits per heavy atom. The highest BCUT2D eigenvalue weighted by atomic mass is 35.5. The van der Waals surface area contributed by atoms with E-state index in [4.69, 9.17) is 28.3 Å². The van der Waals surface area contributed by atoms with Gasteiger partial charge in [0, 0.05) is 11.2 Å². The highest BCUT2D eigenvalue weighted by Gasteiger charge is 2.03. The minimum Gasteiger partial charge on any atom is -0.872 e. The van der Waals surface area contributed by atoms with E-state index in [2.05, 4.69) is 4.99 Å². The summed E-state index contributed by atoms with van der Waals surface area (Å²) in [7, 11) is 0. The van der Waals surface area contributed by atoms with Gasteiger partial charge >= 0.3 is 5.97 Å². The number of halogens is 2. The Morgan fingerprint density at radius 2 is 1.95 bits per heavy atom. The zero-order valence-corrected chi connectivity index (χ0v) is 11.5. The number of nitrogens with zero attached hydrogens (tertiary/aromatic N) is 1. The summed E-state index contributed by atoms with van der Waals surface area (Å²) < 4.78 is 0. The molecule has 0 amide bonds. The maximum Gasteiger partial charge on any atom is 0.335 e. The highest BCUT2D eigenvalue weighted by Crippen LogP contribution is 2.28. The molecule has 2 rings (SSSR count). The quantitative estimate of drug-likeness (QED) is 0.882. The van der Waals surface area contributed by atoms with E-state index in [-0.39, 0.29) is 16.9 Å². The van der Waals surface area contributed by atoms with E-state index in [1.54, 1.807) is 18.2 Å². The number of carboxylic acids is 1. The lowest BCUT2D eigenvalue weighted by atomic mass is 10.1. The lowest BCUT2D eigenvalue weighted by molar-refractivity contribution is -0.268. The van der Waals surface area contributed by atoms with Crippen LogP contribution in [-0.4, -0.2) is 17.3 Å². The van der Waals surface area contributed by atoms with Gasteiger partial charge in [-0.25, -0.2) is 4.79 Å². The number of rotatable bonds is 3. The van der Waals surface area contributed by atoms with E-state index >= 15 is 0 Å². The van der Waals surface area contributed by atoms with Crippen LogP contribution in [0.1, 0.15) is 15.9 Å². The van der Waals surface area contributed by atoms with Gasteiger partial charge in [-0.15, -0.1) is 5.75 Å². The standard InChI is InChI=1S/C14H9Cl2NO3/c15-10-2-3-11(16)12(6-10)17-7-9-5-8(14(19)20)1-4-13(9)18/h1-7,18H,(H,19,20)/p-1. The van der Waals surface area contributed by atoms with Crippen molar-refractivity contribution in [1.29, 1.82) is 0 Å². The summed E-state index contributed by atoms with van der Waals surface area (Å²) in [5, 5.41) is 21.3. The third-order valence-electron chi connectivity index (χ3n) is 2.51. The summed E-state index contributed by atoms with van der Waals surface area (Å²) in [5.74, 6) is -1.43. The average Bonchev–Trinajstić information content (AvgIpc) is 2.41. The molecule has 1 N–H and O–H groups in total. The second-order valence-electron chi connectivity index (χ2n) is 3.91. The number of carbonyl (C=O) groups is 1. The molecule has 0 bridgehead atoms. The highest BCUT2D eigenvalue weighted by molar-refractivity contribution is 6.35. The second-order valence-corrected chi connectivity index (χ2v) is 4.76. The molecule has 0 aliphatic heterocycles. The Balaban J connectivity index is 2.38. The molecule has 0 heterocycles. The topological polar surface area (TPSA) is 72.7 Å². The van der Waals surface area contributed by atoms with Crippen LogP contribution in [0, 0.1) is 0 Å². The van der Waals surface area contributed by atoms with E-state index in [9.17, 15) is 9.90 Å². The van der Waals surface area contributed by atoms with Crippen LogP contribution in [0.5, 0.6) is 5.75 Å². The molecule has 2 aromatic rings. The summed E-state index contributed by atoms with van der Waals surface area (Å²) in [6, 6.07) is 8.44. The van der Waals surface area contributed by atoms with Gasteiger partial charge in [-0.05, 0) is 35.9 Å². The number of aromatic carboxylic acids is 1. The largest absolute Gasteiger partial charge is 0.872 e. The van der Waals surface area contributed by atoms with Crippen LogP contribution in [0.4, 0.5) is 5.69 Å². The number of aliphatic imine (C=N–C) groups is 1. The predicted octanol–water partition coefficient (Wildman–Crippen LogP) is 3.52. The molecule has 0 saturated heterocycles. The Bertz CT molecular complexity index is 699. The monoisotopic (exact) mass is 308 g/mol. The first-order valence-electron chi connectivity index (χ1n) is 5.51. The SMILES string of the molecule is O=C(O)c1ccc([O-])c(C=Nc2cc(Cl)ccc2Cl)c1.